The van der Waals surface area contributed by atoms with E-state index >= 15 is 0 Å². The van der Waals surface area contributed by atoms with Gasteiger partial charge in [-0.15, -0.1) is 6.58 Å². The normalized spacial score (nSPS) is 10.6. The summed E-state index contributed by atoms with van der Waals surface area (Å²) in [6.07, 6.45) is 5.09. The molecule has 1 amide bonds. The molecule has 0 radical (unpaired) electrons. The minimum absolute atomic E-state index is 0.429. The van der Waals surface area contributed by atoms with E-state index in [1.807, 2.05) is 19.2 Å². The van der Waals surface area contributed by atoms with E-state index in [-0.39, 0.29) is 0 Å². The Morgan fingerprint density at radius 1 is 0.900 bits per heavy atom. The van der Waals surface area contributed by atoms with Crippen molar-refractivity contribution in [3.63, 3.8) is 0 Å². The number of nitrogens with two attached hydrogens (primary N) is 1. The molecule has 214 valence electrons. The second-order valence-electron chi connectivity index (χ2n) is 8.67. The first-order valence-corrected chi connectivity index (χ1v) is 13.2. The number of nitrogens with one attached hydrogen (secondary N) is 3. The molecule has 3 rings (SSSR count). The molecule has 0 spiro atoms. The fourth-order valence-corrected chi connectivity index (χ4v) is 3.91. The van der Waals surface area contributed by atoms with Crippen molar-refractivity contribution < 1.29 is 23.7 Å². The van der Waals surface area contributed by atoms with Crippen LogP contribution < -0.4 is 26.4 Å². The van der Waals surface area contributed by atoms with Gasteiger partial charge in [-0.25, -0.2) is 4.98 Å². The summed E-state index contributed by atoms with van der Waals surface area (Å²) in [6.45, 7) is 7.81. The highest BCUT2D eigenvalue weighted by atomic mass is 16.6. The molecule has 10 nitrogen and oxygen atoms in total. The number of hydrogen-bond acceptors (Lipinski definition) is 9. The number of nitrogens with zero attached hydrogens (tertiary/aromatic N) is 1. The molecule has 5 N–H and O–H groups in total. The quantitative estimate of drug-likeness (QED) is 0.0930. The Kier molecular flexibility index (Phi) is 13.3. The van der Waals surface area contributed by atoms with Crippen LogP contribution >= 0.6 is 0 Å². The molecule has 0 unspecified atom stereocenters. The zero-order chi connectivity index (χ0) is 28.4. The molecule has 40 heavy (non-hydrogen) atoms. The van der Waals surface area contributed by atoms with E-state index in [1.54, 1.807) is 30.5 Å². The van der Waals surface area contributed by atoms with Crippen LogP contribution in [-0.2, 0) is 25.4 Å². The summed E-state index contributed by atoms with van der Waals surface area (Å²) in [7, 11) is 1.91. The van der Waals surface area contributed by atoms with Crippen LogP contribution in [0.2, 0.25) is 0 Å². The van der Waals surface area contributed by atoms with Crippen molar-refractivity contribution in [2.75, 3.05) is 81.5 Å². The van der Waals surface area contributed by atoms with Gasteiger partial charge in [-0.05, 0) is 53.9 Å². The largest absolute Gasteiger partial charge is 0.491 e. The van der Waals surface area contributed by atoms with Crippen LogP contribution in [0.15, 0.2) is 67.4 Å². The molecule has 1 aromatic heterocycles. The molecular formula is C30H39N5O5. The molecule has 0 atom stereocenters. The van der Waals surface area contributed by atoms with Gasteiger partial charge in [0.15, 0.2) is 0 Å². The zero-order valence-electron chi connectivity index (χ0n) is 23.0. The summed E-state index contributed by atoms with van der Waals surface area (Å²) >= 11 is 0. The fraction of sp³-hybridized carbons (Fsp3) is 0.333. The lowest BCUT2D eigenvalue weighted by atomic mass is 10.00. The predicted molar refractivity (Wildman–Crippen MR) is 160 cm³/mol. The summed E-state index contributed by atoms with van der Waals surface area (Å²) in [5.74, 6) is 1.17. The van der Waals surface area contributed by atoms with Crippen LogP contribution in [0, 0.1) is 0 Å². The van der Waals surface area contributed by atoms with Crippen LogP contribution in [0.5, 0.6) is 5.75 Å². The lowest BCUT2D eigenvalue weighted by Crippen LogP contribution is -2.15. The highest BCUT2D eigenvalue weighted by Gasteiger charge is 2.09. The molecular weight excluding hydrogens is 510 g/mol. The Bertz CT molecular complexity index is 1190. The highest BCUT2D eigenvalue weighted by molar-refractivity contribution is 5.80. The van der Waals surface area contributed by atoms with Crippen molar-refractivity contribution in [1.29, 1.82) is 0 Å². The van der Waals surface area contributed by atoms with Crippen molar-refractivity contribution in [3.8, 4) is 16.9 Å². The van der Waals surface area contributed by atoms with Crippen LogP contribution in [0.25, 0.3) is 11.1 Å². The number of allylic oxidation sites excluding steroid dienone is 1. The third-order valence-electron chi connectivity index (χ3n) is 5.86. The second kappa shape index (κ2) is 17.5. The first-order chi connectivity index (χ1) is 19.6. The van der Waals surface area contributed by atoms with Crippen molar-refractivity contribution in [2.24, 2.45) is 0 Å². The molecule has 0 aliphatic rings. The number of anilines is 4. The smallest absolute Gasteiger partial charge is 0.211 e. The molecule has 0 aliphatic carbocycles. The molecule has 1 heterocycles. The number of hydrogen-bond donors (Lipinski definition) is 4. The third-order valence-corrected chi connectivity index (χ3v) is 5.86. The van der Waals surface area contributed by atoms with Gasteiger partial charge < -0.3 is 40.6 Å². The Morgan fingerprint density at radius 3 is 2.27 bits per heavy atom. The molecule has 10 heteroatoms. The number of benzene rings is 2. The van der Waals surface area contributed by atoms with E-state index in [9.17, 15) is 4.79 Å². The number of carbonyl (C=O) groups is 1. The van der Waals surface area contributed by atoms with Gasteiger partial charge in [0.2, 0.25) is 6.41 Å². The van der Waals surface area contributed by atoms with E-state index in [1.165, 1.54) is 0 Å². The molecule has 0 saturated heterocycles. The van der Waals surface area contributed by atoms with E-state index in [0.29, 0.717) is 76.5 Å². The second-order valence-corrected chi connectivity index (χ2v) is 8.67. The lowest BCUT2D eigenvalue weighted by molar-refractivity contribution is -0.105. The maximum atomic E-state index is 10.4. The molecule has 0 aliphatic heterocycles. The van der Waals surface area contributed by atoms with Gasteiger partial charge in [-0.2, -0.15) is 0 Å². The number of aromatic nitrogens is 1. The summed E-state index contributed by atoms with van der Waals surface area (Å²) in [4.78, 5) is 14.7. The first kappa shape index (κ1) is 30.4. The van der Waals surface area contributed by atoms with Crippen molar-refractivity contribution >= 4 is 29.3 Å². The predicted octanol–water partition coefficient (Wildman–Crippen LogP) is 4.21. The molecule has 0 saturated carbocycles. The summed E-state index contributed by atoms with van der Waals surface area (Å²) < 4.78 is 22.4. The zero-order valence-corrected chi connectivity index (χ0v) is 23.0. The summed E-state index contributed by atoms with van der Waals surface area (Å²) in [5.41, 5.74) is 11.8. The van der Waals surface area contributed by atoms with Gasteiger partial charge in [0.05, 0.1) is 39.6 Å². The van der Waals surface area contributed by atoms with Crippen molar-refractivity contribution in [2.45, 2.75) is 6.42 Å². The average Bonchev–Trinajstić information content (AvgIpc) is 2.97. The molecule has 0 fully saturated rings. The third kappa shape index (κ3) is 10.2. The van der Waals surface area contributed by atoms with Gasteiger partial charge in [0.1, 0.15) is 18.2 Å². The van der Waals surface area contributed by atoms with Gasteiger partial charge >= 0.3 is 0 Å². The highest BCUT2D eigenvalue weighted by Crippen LogP contribution is 2.31. The standard InChI is InChI=1S/C30H39N5O5/c1-3-4-24-19-23(5-10-28(24)32-2)27-21-34-30(31)20-29(27)33-11-12-37-13-14-38-15-16-39-17-18-40-26-8-6-25(7-9-26)35-22-36/h3,5-10,19-22,32H,1,4,11-18H2,2H3,(H,35,36)(H3,31,33,34). The van der Waals surface area contributed by atoms with Gasteiger partial charge in [-0.3, -0.25) is 4.79 Å². The number of carbonyl (C=O) groups excluding carboxylic acids is 1. The average molecular weight is 550 g/mol. The van der Waals surface area contributed by atoms with Crippen molar-refractivity contribution in [1.82, 2.24) is 4.98 Å². The van der Waals surface area contributed by atoms with E-state index in [0.717, 1.165) is 34.5 Å². The number of nitrogen functional groups attached to an aromatic ring is 1. The monoisotopic (exact) mass is 549 g/mol. The minimum Gasteiger partial charge on any atom is -0.491 e. The number of ether oxygens (including phenoxy) is 4. The Morgan fingerprint density at radius 2 is 1.60 bits per heavy atom. The Balaban J connectivity index is 1.27. The van der Waals surface area contributed by atoms with Crippen LogP contribution in [0.1, 0.15) is 5.56 Å². The fourth-order valence-electron chi connectivity index (χ4n) is 3.91. The maximum absolute atomic E-state index is 10.4. The van der Waals surface area contributed by atoms with Crippen molar-refractivity contribution in [3.05, 3.63) is 72.9 Å². The van der Waals surface area contributed by atoms with Crippen LogP contribution in [-0.4, -0.2) is 71.2 Å². The molecule has 3 aromatic rings. The Hall–Kier alpha value is -4.12. The summed E-state index contributed by atoms with van der Waals surface area (Å²) in [5, 5.41) is 9.21. The molecule has 0 bridgehead atoms. The summed E-state index contributed by atoms with van der Waals surface area (Å²) in [6, 6.07) is 15.2. The first-order valence-electron chi connectivity index (χ1n) is 13.2. The Labute approximate surface area is 235 Å². The van der Waals surface area contributed by atoms with E-state index < -0.39 is 0 Å². The SMILES string of the molecule is C=CCc1cc(-c2cnc(N)cc2NCCOCCOCCOCCOc2ccc(NC=O)cc2)ccc1NC. The number of amides is 1. The van der Waals surface area contributed by atoms with Gasteiger partial charge in [-0.1, -0.05) is 12.1 Å². The lowest BCUT2D eigenvalue weighted by Gasteiger charge is -2.15. The van der Waals surface area contributed by atoms with E-state index in [2.05, 4.69) is 45.7 Å². The van der Waals surface area contributed by atoms with Crippen LogP contribution in [0.4, 0.5) is 22.9 Å². The van der Waals surface area contributed by atoms with Gasteiger partial charge in [0, 0.05) is 48.5 Å². The number of rotatable bonds is 20. The minimum atomic E-state index is 0.429. The van der Waals surface area contributed by atoms with Crippen LogP contribution in [0.3, 0.4) is 0 Å². The number of pyridine rings is 1. The topological polar surface area (TPSA) is 129 Å². The maximum Gasteiger partial charge on any atom is 0.211 e. The molecule has 2 aromatic carbocycles. The van der Waals surface area contributed by atoms with Gasteiger partial charge in [0.25, 0.3) is 0 Å². The van der Waals surface area contributed by atoms with E-state index in [4.69, 9.17) is 24.7 Å².